The van der Waals surface area contributed by atoms with Gasteiger partial charge in [-0.15, -0.1) is 23.2 Å². The molecule has 0 aliphatic carbocycles. The Balaban J connectivity index is 1.99. The second-order valence-corrected chi connectivity index (χ2v) is 5.80. The summed E-state index contributed by atoms with van der Waals surface area (Å²) in [5.41, 5.74) is 1.68. The molecule has 0 saturated heterocycles. The van der Waals surface area contributed by atoms with E-state index in [0.717, 1.165) is 11.1 Å². The van der Waals surface area contributed by atoms with Crippen LogP contribution in [-0.2, 0) is 9.59 Å². The molecule has 24 heavy (non-hydrogen) atoms. The minimum atomic E-state index is -0.740. The van der Waals surface area contributed by atoms with Gasteiger partial charge in [0, 0.05) is 11.8 Å². The predicted octanol–water partition coefficient (Wildman–Crippen LogP) is 3.18. The lowest BCUT2D eigenvalue weighted by Gasteiger charge is -2.19. The van der Waals surface area contributed by atoms with Crippen LogP contribution in [0.5, 0.6) is 0 Å². The van der Waals surface area contributed by atoms with E-state index in [9.17, 15) is 9.59 Å². The normalized spacial score (nSPS) is 12.9. The number of rotatable bonds is 6. The molecular formula is C18H18Cl2N2O2. The van der Waals surface area contributed by atoms with Gasteiger partial charge in [0.2, 0.25) is 0 Å². The smallest absolute Gasteiger partial charge is 0.309 e. The minimum absolute atomic E-state index is 0.167. The average Bonchev–Trinajstić information content (AvgIpc) is 2.65. The molecule has 2 amide bonds. The highest BCUT2D eigenvalue weighted by molar-refractivity contribution is 6.35. The highest BCUT2D eigenvalue weighted by Crippen LogP contribution is 2.15. The fourth-order valence-electron chi connectivity index (χ4n) is 2.24. The van der Waals surface area contributed by atoms with Crippen LogP contribution in [0.1, 0.15) is 23.2 Å². The topological polar surface area (TPSA) is 58.2 Å². The van der Waals surface area contributed by atoms with Crippen LogP contribution in [0.15, 0.2) is 60.7 Å². The van der Waals surface area contributed by atoms with Crippen molar-refractivity contribution in [1.29, 1.82) is 0 Å². The third-order valence-corrected chi connectivity index (χ3v) is 4.15. The fourth-order valence-corrected chi connectivity index (χ4v) is 2.75. The highest BCUT2D eigenvalue weighted by Gasteiger charge is 2.22. The number of benzene rings is 2. The van der Waals surface area contributed by atoms with Crippen LogP contribution in [0.25, 0.3) is 0 Å². The standard InChI is InChI=1S/C18H18Cl2N2O2/c19-11-15(13-7-3-1-4-8-13)21-17(23)18(24)22-16(12-20)14-9-5-2-6-10-14/h1-10,15-16H,11-12H2,(H,21,23)(H,22,24). The molecule has 0 aliphatic heterocycles. The van der Waals surface area contributed by atoms with Crippen molar-refractivity contribution in [1.82, 2.24) is 10.6 Å². The highest BCUT2D eigenvalue weighted by atomic mass is 35.5. The van der Waals surface area contributed by atoms with Crippen LogP contribution in [0, 0.1) is 0 Å². The number of carbonyl (C=O) groups is 2. The molecule has 2 atom stereocenters. The zero-order chi connectivity index (χ0) is 17.4. The molecule has 0 aromatic heterocycles. The Morgan fingerprint density at radius 1 is 0.708 bits per heavy atom. The van der Waals surface area contributed by atoms with Crippen molar-refractivity contribution in [2.75, 3.05) is 11.8 Å². The van der Waals surface area contributed by atoms with Crippen molar-refractivity contribution in [3.05, 3.63) is 71.8 Å². The zero-order valence-corrected chi connectivity index (χ0v) is 14.4. The van der Waals surface area contributed by atoms with E-state index in [4.69, 9.17) is 23.2 Å². The molecule has 0 bridgehead atoms. The summed E-state index contributed by atoms with van der Waals surface area (Å²) in [4.78, 5) is 24.3. The van der Waals surface area contributed by atoms with Gasteiger partial charge in [-0.2, -0.15) is 0 Å². The van der Waals surface area contributed by atoms with Gasteiger partial charge in [-0.3, -0.25) is 9.59 Å². The molecule has 2 aromatic carbocycles. The van der Waals surface area contributed by atoms with Gasteiger partial charge in [-0.1, -0.05) is 60.7 Å². The van der Waals surface area contributed by atoms with Gasteiger partial charge in [0.1, 0.15) is 0 Å². The summed E-state index contributed by atoms with van der Waals surface area (Å²) < 4.78 is 0. The van der Waals surface area contributed by atoms with Gasteiger partial charge >= 0.3 is 11.8 Å². The van der Waals surface area contributed by atoms with E-state index >= 15 is 0 Å². The number of halogens is 2. The van der Waals surface area contributed by atoms with Crippen molar-refractivity contribution in [2.24, 2.45) is 0 Å². The Hall–Kier alpha value is -2.04. The molecule has 2 N–H and O–H groups in total. The van der Waals surface area contributed by atoms with Crippen LogP contribution >= 0.6 is 23.2 Å². The summed E-state index contributed by atoms with van der Waals surface area (Å²) in [6.07, 6.45) is 0. The molecule has 0 spiro atoms. The van der Waals surface area contributed by atoms with Gasteiger partial charge in [0.05, 0.1) is 12.1 Å². The molecule has 4 nitrogen and oxygen atoms in total. The lowest BCUT2D eigenvalue weighted by Crippen LogP contribution is -2.43. The van der Waals surface area contributed by atoms with E-state index in [2.05, 4.69) is 10.6 Å². The Bertz CT molecular complexity index is 606. The zero-order valence-electron chi connectivity index (χ0n) is 12.9. The van der Waals surface area contributed by atoms with Crippen molar-refractivity contribution < 1.29 is 9.59 Å². The average molecular weight is 365 g/mol. The van der Waals surface area contributed by atoms with E-state index in [1.165, 1.54) is 0 Å². The van der Waals surface area contributed by atoms with Crippen molar-refractivity contribution in [3.63, 3.8) is 0 Å². The van der Waals surface area contributed by atoms with E-state index in [-0.39, 0.29) is 11.8 Å². The Morgan fingerprint density at radius 3 is 1.33 bits per heavy atom. The summed E-state index contributed by atoms with van der Waals surface area (Å²) >= 11 is 11.8. The van der Waals surface area contributed by atoms with Crippen LogP contribution in [0.3, 0.4) is 0 Å². The molecule has 0 aliphatic rings. The van der Waals surface area contributed by atoms with Crippen LogP contribution in [-0.4, -0.2) is 23.6 Å². The Labute approximate surface area is 151 Å². The van der Waals surface area contributed by atoms with E-state index in [0.29, 0.717) is 0 Å². The van der Waals surface area contributed by atoms with E-state index < -0.39 is 23.9 Å². The summed E-state index contributed by atoms with van der Waals surface area (Å²) in [5.74, 6) is -1.15. The molecule has 0 fully saturated rings. The Morgan fingerprint density at radius 2 is 1.04 bits per heavy atom. The predicted molar refractivity (Wildman–Crippen MR) is 96.1 cm³/mol. The van der Waals surface area contributed by atoms with Gasteiger partial charge in [0.15, 0.2) is 0 Å². The lowest BCUT2D eigenvalue weighted by atomic mass is 10.1. The molecule has 0 heterocycles. The van der Waals surface area contributed by atoms with Crippen LogP contribution in [0.4, 0.5) is 0 Å². The number of hydrogen-bond acceptors (Lipinski definition) is 2. The minimum Gasteiger partial charge on any atom is -0.340 e. The first kappa shape index (κ1) is 18.3. The van der Waals surface area contributed by atoms with E-state index in [1.54, 1.807) is 0 Å². The Kier molecular flexibility index (Phi) is 7.09. The van der Waals surface area contributed by atoms with Crippen molar-refractivity contribution in [2.45, 2.75) is 12.1 Å². The number of hydrogen-bond donors (Lipinski definition) is 2. The second-order valence-electron chi connectivity index (χ2n) is 5.18. The monoisotopic (exact) mass is 364 g/mol. The first-order chi connectivity index (χ1) is 11.7. The lowest BCUT2D eigenvalue weighted by molar-refractivity contribution is -0.140. The molecule has 0 radical (unpaired) electrons. The first-order valence-electron chi connectivity index (χ1n) is 7.49. The maximum absolute atomic E-state index is 12.1. The summed E-state index contributed by atoms with van der Waals surface area (Å²) in [6.45, 7) is 0. The largest absolute Gasteiger partial charge is 0.340 e. The number of carbonyl (C=O) groups excluding carboxylic acids is 2. The molecule has 6 heteroatoms. The fraction of sp³-hybridized carbons (Fsp3) is 0.222. The van der Waals surface area contributed by atoms with Gasteiger partial charge < -0.3 is 10.6 Å². The number of nitrogens with one attached hydrogen (secondary N) is 2. The molecule has 2 rings (SSSR count). The van der Waals surface area contributed by atoms with Crippen molar-refractivity contribution in [3.8, 4) is 0 Å². The summed E-state index contributed by atoms with van der Waals surface area (Å²) in [6, 6.07) is 17.6. The molecule has 2 unspecified atom stereocenters. The van der Waals surface area contributed by atoms with Crippen LogP contribution < -0.4 is 10.6 Å². The molecular weight excluding hydrogens is 347 g/mol. The quantitative estimate of drug-likeness (QED) is 0.610. The molecule has 2 aromatic rings. The van der Waals surface area contributed by atoms with Crippen LogP contribution in [0.2, 0.25) is 0 Å². The maximum Gasteiger partial charge on any atom is 0.309 e. The van der Waals surface area contributed by atoms with E-state index in [1.807, 2.05) is 60.7 Å². The third-order valence-electron chi connectivity index (χ3n) is 3.53. The molecule has 126 valence electrons. The first-order valence-corrected chi connectivity index (χ1v) is 8.55. The SMILES string of the molecule is O=C(NC(CCl)c1ccccc1)C(=O)NC(CCl)c1ccccc1. The third kappa shape index (κ3) is 4.98. The summed E-state index contributed by atoms with van der Waals surface area (Å²) in [5, 5.41) is 5.28. The number of amides is 2. The number of alkyl halides is 2. The molecule has 0 saturated carbocycles. The summed E-state index contributed by atoms with van der Waals surface area (Å²) in [7, 11) is 0. The van der Waals surface area contributed by atoms with Gasteiger partial charge in [-0.25, -0.2) is 0 Å². The van der Waals surface area contributed by atoms with Gasteiger partial charge in [0.25, 0.3) is 0 Å². The van der Waals surface area contributed by atoms with Crippen molar-refractivity contribution >= 4 is 35.0 Å². The second kappa shape index (κ2) is 9.30. The maximum atomic E-state index is 12.1. The van der Waals surface area contributed by atoms with Gasteiger partial charge in [-0.05, 0) is 11.1 Å².